The van der Waals surface area contributed by atoms with Gasteiger partial charge in [0.2, 0.25) is 0 Å². The Morgan fingerprint density at radius 1 is 1.33 bits per heavy atom. The molecule has 0 atom stereocenters. The number of rotatable bonds is 5. The maximum absolute atomic E-state index is 5.40. The average Bonchev–Trinajstić information content (AvgIpc) is 2.40. The average molecular weight is 262 g/mol. The Morgan fingerprint density at radius 2 is 2.22 bits per heavy atom. The summed E-state index contributed by atoms with van der Waals surface area (Å²) < 4.78 is 0. The third-order valence-electron chi connectivity index (χ3n) is 2.13. The van der Waals surface area contributed by atoms with E-state index < -0.39 is 0 Å². The van der Waals surface area contributed by atoms with Crippen LogP contribution in [0.15, 0.2) is 34.7 Å². The Labute approximate surface area is 109 Å². The SMILES string of the molecule is CCCc1nc(NN)cc(Sc2ccncn2)n1. The van der Waals surface area contributed by atoms with Gasteiger partial charge in [-0.05, 0) is 24.2 Å². The van der Waals surface area contributed by atoms with Crippen LogP contribution in [-0.4, -0.2) is 19.9 Å². The van der Waals surface area contributed by atoms with Gasteiger partial charge in [0.25, 0.3) is 0 Å². The molecule has 2 rings (SSSR count). The summed E-state index contributed by atoms with van der Waals surface area (Å²) in [6.45, 7) is 2.09. The van der Waals surface area contributed by atoms with Gasteiger partial charge in [-0.1, -0.05) is 6.92 Å². The minimum Gasteiger partial charge on any atom is -0.308 e. The largest absolute Gasteiger partial charge is 0.308 e. The van der Waals surface area contributed by atoms with E-state index in [9.17, 15) is 0 Å². The number of nitrogens with one attached hydrogen (secondary N) is 1. The number of hydrogen-bond donors (Lipinski definition) is 2. The molecular weight excluding hydrogens is 248 g/mol. The maximum atomic E-state index is 5.40. The standard InChI is InChI=1S/C11H14N6S/c1-2-3-8-15-9(17-12)6-11(16-8)18-10-4-5-13-7-14-10/h4-7H,2-3,12H2,1H3,(H,15,16,17). The second-order valence-electron chi connectivity index (χ2n) is 3.55. The molecule has 3 N–H and O–H groups in total. The van der Waals surface area contributed by atoms with Crippen molar-refractivity contribution in [2.75, 3.05) is 5.43 Å². The zero-order chi connectivity index (χ0) is 12.8. The van der Waals surface area contributed by atoms with E-state index >= 15 is 0 Å². The normalized spacial score (nSPS) is 10.3. The molecule has 2 aromatic rings. The number of aromatic nitrogens is 4. The highest BCUT2D eigenvalue weighted by Gasteiger charge is 2.06. The van der Waals surface area contributed by atoms with Gasteiger partial charge >= 0.3 is 0 Å². The van der Waals surface area contributed by atoms with Gasteiger partial charge in [-0.15, -0.1) is 0 Å². The zero-order valence-electron chi connectivity index (χ0n) is 10.00. The van der Waals surface area contributed by atoms with Crippen molar-refractivity contribution in [1.82, 2.24) is 19.9 Å². The van der Waals surface area contributed by atoms with Crippen LogP contribution < -0.4 is 11.3 Å². The number of nitrogen functional groups attached to an aromatic ring is 1. The molecule has 0 amide bonds. The summed E-state index contributed by atoms with van der Waals surface area (Å²) in [4.78, 5) is 16.8. The molecule has 0 aliphatic heterocycles. The lowest BCUT2D eigenvalue weighted by Gasteiger charge is -2.06. The Hall–Kier alpha value is -1.73. The van der Waals surface area contributed by atoms with E-state index in [1.807, 2.05) is 6.07 Å². The zero-order valence-corrected chi connectivity index (χ0v) is 10.8. The number of hydrazine groups is 1. The molecule has 0 bridgehead atoms. The molecule has 0 fully saturated rings. The molecule has 0 spiro atoms. The molecular formula is C11H14N6S. The first-order chi connectivity index (χ1) is 8.81. The van der Waals surface area contributed by atoms with E-state index in [1.165, 1.54) is 18.1 Å². The minimum absolute atomic E-state index is 0.616. The summed E-state index contributed by atoms with van der Waals surface area (Å²) in [5.74, 6) is 6.80. The maximum Gasteiger partial charge on any atom is 0.144 e. The van der Waals surface area contributed by atoms with Crippen LogP contribution in [0.1, 0.15) is 19.2 Å². The molecule has 0 saturated heterocycles. The van der Waals surface area contributed by atoms with Gasteiger partial charge in [-0.3, -0.25) is 0 Å². The van der Waals surface area contributed by atoms with Crippen LogP contribution in [0, 0.1) is 0 Å². The smallest absolute Gasteiger partial charge is 0.144 e. The van der Waals surface area contributed by atoms with Gasteiger partial charge in [0.05, 0.1) is 0 Å². The van der Waals surface area contributed by atoms with Crippen molar-refractivity contribution in [2.24, 2.45) is 5.84 Å². The molecule has 18 heavy (non-hydrogen) atoms. The van der Waals surface area contributed by atoms with Crippen molar-refractivity contribution in [2.45, 2.75) is 29.8 Å². The fourth-order valence-electron chi connectivity index (χ4n) is 1.38. The van der Waals surface area contributed by atoms with Gasteiger partial charge in [0.15, 0.2) is 0 Å². The van der Waals surface area contributed by atoms with Crippen LogP contribution in [0.5, 0.6) is 0 Å². The second-order valence-corrected chi connectivity index (χ2v) is 4.59. The van der Waals surface area contributed by atoms with Crippen molar-refractivity contribution in [1.29, 1.82) is 0 Å². The summed E-state index contributed by atoms with van der Waals surface area (Å²) in [5, 5.41) is 1.66. The van der Waals surface area contributed by atoms with E-state index in [0.29, 0.717) is 5.82 Å². The molecule has 6 nitrogen and oxygen atoms in total. The number of anilines is 1. The van der Waals surface area contributed by atoms with Gasteiger partial charge < -0.3 is 5.43 Å². The molecule has 2 aromatic heterocycles. The highest BCUT2D eigenvalue weighted by Crippen LogP contribution is 2.25. The topological polar surface area (TPSA) is 89.6 Å². The van der Waals surface area contributed by atoms with Crippen LogP contribution in [0.25, 0.3) is 0 Å². The fraction of sp³-hybridized carbons (Fsp3) is 0.273. The third kappa shape index (κ3) is 3.38. The summed E-state index contributed by atoms with van der Waals surface area (Å²) >= 11 is 1.46. The number of hydrogen-bond acceptors (Lipinski definition) is 7. The van der Waals surface area contributed by atoms with E-state index in [4.69, 9.17) is 5.84 Å². The van der Waals surface area contributed by atoms with Gasteiger partial charge in [0, 0.05) is 18.7 Å². The summed E-state index contributed by atoms with van der Waals surface area (Å²) in [6.07, 6.45) is 5.03. The summed E-state index contributed by atoms with van der Waals surface area (Å²) in [6, 6.07) is 3.63. The molecule has 0 unspecified atom stereocenters. The lowest BCUT2D eigenvalue weighted by Crippen LogP contribution is -2.10. The molecule has 0 radical (unpaired) electrons. The van der Waals surface area contributed by atoms with Gasteiger partial charge in [-0.25, -0.2) is 25.8 Å². The first-order valence-corrected chi connectivity index (χ1v) is 6.42. The van der Waals surface area contributed by atoms with Crippen molar-refractivity contribution in [3.8, 4) is 0 Å². The van der Waals surface area contributed by atoms with Crippen LogP contribution in [0.3, 0.4) is 0 Å². The first kappa shape index (κ1) is 12.7. The van der Waals surface area contributed by atoms with Crippen molar-refractivity contribution in [3.05, 3.63) is 30.5 Å². The molecule has 7 heteroatoms. The van der Waals surface area contributed by atoms with Crippen molar-refractivity contribution in [3.63, 3.8) is 0 Å². The number of aryl methyl sites for hydroxylation is 1. The van der Waals surface area contributed by atoms with Crippen molar-refractivity contribution >= 4 is 17.6 Å². The van der Waals surface area contributed by atoms with Crippen LogP contribution in [-0.2, 0) is 6.42 Å². The van der Waals surface area contributed by atoms with E-state index in [0.717, 1.165) is 28.7 Å². The molecule has 2 heterocycles. The predicted molar refractivity (Wildman–Crippen MR) is 70.0 cm³/mol. The lowest BCUT2D eigenvalue weighted by molar-refractivity contribution is 0.810. The number of nitrogens with zero attached hydrogens (tertiary/aromatic N) is 4. The third-order valence-corrected chi connectivity index (χ3v) is 3.00. The minimum atomic E-state index is 0.616. The Bertz CT molecular complexity index is 504. The van der Waals surface area contributed by atoms with E-state index in [2.05, 4.69) is 32.3 Å². The van der Waals surface area contributed by atoms with Gasteiger partial charge in [-0.2, -0.15) is 0 Å². The summed E-state index contributed by atoms with van der Waals surface area (Å²) in [5.41, 5.74) is 2.55. The van der Waals surface area contributed by atoms with Crippen LogP contribution in [0.2, 0.25) is 0 Å². The second kappa shape index (κ2) is 6.27. The lowest BCUT2D eigenvalue weighted by atomic mass is 10.3. The highest BCUT2D eigenvalue weighted by atomic mass is 32.2. The summed E-state index contributed by atoms with van der Waals surface area (Å²) in [7, 11) is 0. The number of nitrogens with two attached hydrogens (primary N) is 1. The molecule has 0 aliphatic carbocycles. The van der Waals surface area contributed by atoms with E-state index in [1.54, 1.807) is 12.3 Å². The Kier molecular flexibility index (Phi) is 4.43. The highest BCUT2D eigenvalue weighted by molar-refractivity contribution is 7.99. The molecule has 94 valence electrons. The quantitative estimate of drug-likeness (QED) is 0.481. The van der Waals surface area contributed by atoms with Crippen molar-refractivity contribution < 1.29 is 0 Å². The first-order valence-electron chi connectivity index (χ1n) is 5.60. The molecule has 0 aliphatic rings. The monoisotopic (exact) mass is 262 g/mol. The molecule has 0 aromatic carbocycles. The fourth-order valence-corrected chi connectivity index (χ4v) is 2.15. The van der Waals surface area contributed by atoms with Crippen LogP contribution in [0.4, 0.5) is 5.82 Å². The molecule has 0 saturated carbocycles. The van der Waals surface area contributed by atoms with Crippen LogP contribution >= 0.6 is 11.8 Å². The predicted octanol–water partition coefficient (Wildman–Crippen LogP) is 1.66. The van der Waals surface area contributed by atoms with E-state index in [-0.39, 0.29) is 0 Å². The van der Waals surface area contributed by atoms with Gasteiger partial charge in [0.1, 0.15) is 28.0 Å². The Balaban J connectivity index is 2.24. The Morgan fingerprint density at radius 3 is 2.89 bits per heavy atom.